The minimum absolute atomic E-state index is 0.150. The molecule has 0 aliphatic carbocycles. The summed E-state index contributed by atoms with van der Waals surface area (Å²) in [5, 5.41) is 0. The van der Waals surface area contributed by atoms with Crippen molar-refractivity contribution in [3.63, 3.8) is 0 Å². The second-order valence-electron chi connectivity index (χ2n) is 14.7. The number of rotatable bonds is 46. The highest BCUT2D eigenvalue weighted by Crippen LogP contribution is 2.40. The third-order valence-corrected chi connectivity index (χ3v) is 9.78. The van der Waals surface area contributed by atoms with Crippen LogP contribution in [0.15, 0.2) is 91.0 Å². The molecule has 14 nitrogen and oxygen atoms in total. The van der Waals surface area contributed by atoms with Crippen LogP contribution < -0.4 is 0 Å². The summed E-state index contributed by atoms with van der Waals surface area (Å²) in [6.45, 7) is 13.3. The first-order valence-electron chi connectivity index (χ1n) is 23.6. The molecule has 0 saturated carbocycles. The highest BCUT2D eigenvalue weighted by Gasteiger charge is 2.37. The van der Waals surface area contributed by atoms with Gasteiger partial charge in [0.1, 0.15) is 12.2 Å². The molecule has 3 aromatic rings. The van der Waals surface area contributed by atoms with Gasteiger partial charge in [-0.2, -0.15) is 0 Å². The molecule has 0 N–H and O–H groups in total. The molecule has 0 aliphatic rings. The first kappa shape index (κ1) is 56.0. The van der Waals surface area contributed by atoms with Crippen LogP contribution in [-0.4, -0.2) is 165 Å². The zero-order chi connectivity index (χ0) is 45.8. The summed E-state index contributed by atoms with van der Waals surface area (Å²) in [5.74, 6) is -0.150. The summed E-state index contributed by atoms with van der Waals surface area (Å²) in [6, 6.07) is 31.0. The van der Waals surface area contributed by atoms with Crippen LogP contribution in [0.4, 0.5) is 0 Å². The molecule has 0 unspecified atom stereocenters. The maximum absolute atomic E-state index is 11.7. The van der Waals surface area contributed by atoms with Gasteiger partial charge in [-0.05, 0) is 23.1 Å². The Morgan fingerprint density at radius 1 is 0.338 bits per heavy atom. The number of esters is 1. The number of hydrogen-bond acceptors (Lipinski definition) is 14. The van der Waals surface area contributed by atoms with Gasteiger partial charge in [0.25, 0.3) is 0 Å². The molecule has 3 aromatic carbocycles. The summed E-state index contributed by atoms with van der Waals surface area (Å²) >= 11 is 0. The molecule has 14 heteroatoms. The first-order valence-corrected chi connectivity index (χ1v) is 23.6. The lowest BCUT2D eigenvalue weighted by molar-refractivity contribution is -0.145. The molecular formula is C51H78O14. The smallest absolute Gasteiger partial charge is 0.305 e. The molecule has 0 spiro atoms. The summed E-state index contributed by atoms with van der Waals surface area (Å²) in [5.41, 5.74) is 2.43. The second kappa shape index (κ2) is 40.9. The molecule has 0 atom stereocenters. The first-order chi connectivity index (χ1) is 32.3. The quantitative estimate of drug-likeness (QED) is 0.0324. The van der Waals surface area contributed by atoms with Gasteiger partial charge in [0.2, 0.25) is 0 Å². The summed E-state index contributed by atoms with van der Waals surface area (Å²) < 4.78 is 73.1. The van der Waals surface area contributed by atoms with Crippen molar-refractivity contribution < 1.29 is 66.4 Å². The lowest BCUT2D eigenvalue weighted by Gasteiger charge is -2.36. The minimum atomic E-state index is -0.758. The number of carbonyl (C=O) groups is 1. The normalized spacial score (nSPS) is 11.6. The Kier molecular flexibility index (Phi) is 35.2. The van der Waals surface area contributed by atoms with Crippen molar-refractivity contribution in [1.82, 2.24) is 0 Å². The molecule has 0 amide bonds. The Balaban J connectivity index is 0.985. The van der Waals surface area contributed by atoms with E-state index in [0.29, 0.717) is 158 Å². The average molecular weight is 915 g/mol. The van der Waals surface area contributed by atoms with Gasteiger partial charge in [-0.15, -0.1) is 0 Å². The zero-order valence-electron chi connectivity index (χ0n) is 39.1. The zero-order valence-corrected chi connectivity index (χ0v) is 39.1. The van der Waals surface area contributed by atoms with Crippen molar-refractivity contribution in [2.24, 2.45) is 0 Å². The van der Waals surface area contributed by atoms with Crippen molar-refractivity contribution >= 4 is 5.97 Å². The largest absolute Gasteiger partial charge is 0.463 e. The highest BCUT2D eigenvalue weighted by atomic mass is 16.6. The fourth-order valence-corrected chi connectivity index (χ4v) is 6.48. The van der Waals surface area contributed by atoms with E-state index in [1.807, 2.05) is 54.6 Å². The van der Waals surface area contributed by atoms with Gasteiger partial charge < -0.3 is 61.6 Å². The van der Waals surface area contributed by atoms with Crippen LogP contribution in [0, 0.1) is 0 Å². The van der Waals surface area contributed by atoms with E-state index >= 15 is 0 Å². The van der Waals surface area contributed by atoms with Crippen LogP contribution >= 0.6 is 0 Å². The SMILES string of the molecule is CCCCCCCC(=O)OCCOCCOCCOCCOCCOCCOCCOCCOCCOCCOCCOCCOC(c1ccccc1)(c1ccccc1)c1ccccc1. The van der Waals surface area contributed by atoms with Crippen molar-refractivity contribution in [3.05, 3.63) is 108 Å². The summed E-state index contributed by atoms with van der Waals surface area (Å²) in [6.07, 6.45) is 6.05. The molecule has 366 valence electrons. The average Bonchev–Trinajstić information content (AvgIpc) is 3.34. The Morgan fingerprint density at radius 3 is 0.892 bits per heavy atom. The molecule has 0 aromatic heterocycles. The standard InChI is InChI=1S/C51H78O14/c1-2-3-4-5-15-22-50(52)64-45-43-62-41-39-60-37-35-58-33-31-56-29-27-54-25-23-53-24-26-55-28-30-57-32-34-59-36-38-61-40-42-63-44-46-65-51(47-16-9-6-10-17-47,48-18-11-7-12-19-48)49-20-13-8-14-21-49/h6-14,16-21H,2-5,15,22-46H2,1H3. The third-order valence-electron chi connectivity index (χ3n) is 9.78. The van der Waals surface area contributed by atoms with Gasteiger partial charge in [0.15, 0.2) is 0 Å². The lowest BCUT2D eigenvalue weighted by atomic mass is 9.80. The second-order valence-corrected chi connectivity index (χ2v) is 14.7. The number of hydrogen-bond donors (Lipinski definition) is 0. The molecule has 0 saturated heterocycles. The van der Waals surface area contributed by atoms with Crippen molar-refractivity contribution in [2.45, 2.75) is 51.0 Å². The topological polar surface area (TPSA) is 137 Å². The van der Waals surface area contributed by atoms with E-state index in [4.69, 9.17) is 61.6 Å². The fraction of sp³-hybridized carbons (Fsp3) is 0.627. The molecule has 0 aliphatic heterocycles. The van der Waals surface area contributed by atoms with Crippen LogP contribution in [-0.2, 0) is 72.0 Å². The van der Waals surface area contributed by atoms with Crippen LogP contribution in [0.2, 0.25) is 0 Å². The Hall–Kier alpha value is -3.35. The van der Waals surface area contributed by atoms with E-state index < -0.39 is 5.60 Å². The van der Waals surface area contributed by atoms with Gasteiger partial charge in [-0.1, -0.05) is 124 Å². The molecule has 0 bridgehead atoms. The van der Waals surface area contributed by atoms with Crippen LogP contribution in [0.25, 0.3) is 0 Å². The number of benzene rings is 3. The predicted molar refractivity (Wildman–Crippen MR) is 249 cm³/mol. The van der Waals surface area contributed by atoms with Crippen LogP contribution in [0.1, 0.15) is 62.1 Å². The van der Waals surface area contributed by atoms with E-state index in [1.165, 1.54) is 19.3 Å². The Labute approximate surface area is 388 Å². The number of carbonyl (C=O) groups excluding carboxylic acids is 1. The van der Waals surface area contributed by atoms with Crippen LogP contribution in [0.3, 0.4) is 0 Å². The maximum Gasteiger partial charge on any atom is 0.305 e. The van der Waals surface area contributed by atoms with Gasteiger partial charge in [-0.25, -0.2) is 0 Å². The van der Waals surface area contributed by atoms with Gasteiger partial charge in [0, 0.05) is 6.42 Å². The molecule has 0 radical (unpaired) electrons. The Bertz CT molecular complexity index is 1370. The maximum atomic E-state index is 11.7. The van der Waals surface area contributed by atoms with Crippen molar-refractivity contribution in [1.29, 1.82) is 0 Å². The summed E-state index contributed by atoms with van der Waals surface area (Å²) in [7, 11) is 0. The predicted octanol–water partition coefficient (Wildman–Crippen LogP) is 7.08. The molecule has 0 heterocycles. The van der Waals surface area contributed by atoms with Crippen LogP contribution in [0.5, 0.6) is 0 Å². The van der Waals surface area contributed by atoms with Gasteiger partial charge >= 0.3 is 5.97 Å². The highest BCUT2D eigenvalue weighted by molar-refractivity contribution is 5.69. The van der Waals surface area contributed by atoms with E-state index in [9.17, 15) is 4.79 Å². The van der Waals surface area contributed by atoms with Gasteiger partial charge in [-0.3, -0.25) is 4.79 Å². The monoisotopic (exact) mass is 915 g/mol. The molecular weight excluding hydrogens is 837 g/mol. The lowest BCUT2D eigenvalue weighted by Crippen LogP contribution is -2.34. The molecule has 3 rings (SSSR count). The molecule has 65 heavy (non-hydrogen) atoms. The van der Waals surface area contributed by atoms with Gasteiger partial charge in [0.05, 0.1) is 152 Å². The van der Waals surface area contributed by atoms with E-state index in [0.717, 1.165) is 29.5 Å². The molecule has 0 fully saturated rings. The fourth-order valence-electron chi connectivity index (χ4n) is 6.48. The number of unbranched alkanes of at least 4 members (excludes halogenated alkanes) is 4. The number of ether oxygens (including phenoxy) is 13. The van der Waals surface area contributed by atoms with E-state index in [2.05, 4.69) is 43.3 Å². The minimum Gasteiger partial charge on any atom is -0.463 e. The van der Waals surface area contributed by atoms with Crippen molar-refractivity contribution in [3.8, 4) is 0 Å². The van der Waals surface area contributed by atoms with E-state index in [-0.39, 0.29) is 12.6 Å². The summed E-state index contributed by atoms with van der Waals surface area (Å²) in [4.78, 5) is 11.7. The van der Waals surface area contributed by atoms with E-state index in [1.54, 1.807) is 0 Å². The van der Waals surface area contributed by atoms with Crippen molar-refractivity contribution in [2.75, 3.05) is 159 Å². The Morgan fingerprint density at radius 2 is 0.600 bits per heavy atom. The third kappa shape index (κ3) is 27.8.